The fourth-order valence-corrected chi connectivity index (χ4v) is 3.31. The first-order valence-corrected chi connectivity index (χ1v) is 8.68. The number of hydrogen-bond acceptors (Lipinski definition) is 2. The zero-order valence-corrected chi connectivity index (χ0v) is 13.8. The smallest absolute Gasteiger partial charge is 0.222 e. The molecule has 3 nitrogen and oxygen atoms in total. The Hall–Kier alpha value is -0.570. The third-order valence-electron chi connectivity index (χ3n) is 4.69. The third kappa shape index (κ3) is 5.82. The Morgan fingerprint density at radius 3 is 2.25 bits per heavy atom. The minimum Gasteiger partial charge on any atom is -0.359 e. The summed E-state index contributed by atoms with van der Waals surface area (Å²) in [6.07, 6.45) is 11.4. The summed E-state index contributed by atoms with van der Waals surface area (Å²) in [4.78, 5) is 14.4. The lowest BCUT2D eigenvalue weighted by molar-refractivity contribution is -0.126. The van der Waals surface area contributed by atoms with Gasteiger partial charge in [0.1, 0.15) is 0 Å². The minimum atomic E-state index is 0.237. The van der Waals surface area contributed by atoms with E-state index < -0.39 is 0 Å². The number of carbonyl (C=O) groups is 1. The number of hydrogen-bond donors (Lipinski definition) is 1. The largest absolute Gasteiger partial charge is 0.359 e. The molecule has 0 radical (unpaired) electrons. The fraction of sp³-hybridized carbons (Fsp3) is 0.941. The number of carbonyl (C=O) groups excluding carboxylic acids is 1. The maximum atomic E-state index is 11.7. The Labute approximate surface area is 125 Å². The van der Waals surface area contributed by atoms with Gasteiger partial charge in [-0.2, -0.15) is 0 Å². The van der Waals surface area contributed by atoms with E-state index in [1.165, 1.54) is 44.9 Å². The molecule has 20 heavy (non-hydrogen) atoms. The van der Waals surface area contributed by atoms with E-state index >= 15 is 0 Å². The lowest BCUT2D eigenvalue weighted by Gasteiger charge is -2.37. The van der Waals surface area contributed by atoms with E-state index in [0.717, 1.165) is 32.0 Å². The van der Waals surface area contributed by atoms with Gasteiger partial charge in [0.15, 0.2) is 0 Å². The molecule has 3 heteroatoms. The fourth-order valence-electron chi connectivity index (χ4n) is 3.31. The van der Waals surface area contributed by atoms with Crippen LogP contribution >= 0.6 is 0 Å². The highest BCUT2D eigenvalue weighted by molar-refractivity contribution is 5.78. The summed E-state index contributed by atoms with van der Waals surface area (Å²) in [6, 6.07) is 0.757. The molecule has 1 aliphatic heterocycles. The van der Waals surface area contributed by atoms with Gasteiger partial charge in [0.2, 0.25) is 5.91 Å². The maximum absolute atomic E-state index is 11.7. The van der Waals surface area contributed by atoms with Crippen LogP contribution in [0.2, 0.25) is 0 Å². The van der Waals surface area contributed by atoms with Crippen molar-refractivity contribution in [3.05, 3.63) is 0 Å². The van der Waals surface area contributed by atoms with Crippen molar-refractivity contribution >= 4 is 5.91 Å². The van der Waals surface area contributed by atoms with Crippen LogP contribution in [0.5, 0.6) is 0 Å². The van der Waals surface area contributed by atoms with Gasteiger partial charge in [-0.15, -0.1) is 0 Å². The van der Waals surface area contributed by atoms with E-state index in [0.29, 0.717) is 0 Å². The Bertz CT molecular complexity index is 260. The van der Waals surface area contributed by atoms with Crippen molar-refractivity contribution in [1.82, 2.24) is 10.2 Å². The van der Waals surface area contributed by atoms with Crippen molar-refractivity contribution in [1.29, 1.82) is 0 Å². The summed E-state index contributed by atoms with van der Waals surface area (Å²) in [5.74, 6) is 0.486. The van der Waals surface area contributed by atoms with Gasteiger partial charge in [-0.05, 0) is 38.8 Å². The quantitative estimate of drug-likeness (QED) is 0.656. The average molecular weight is 282 g/mol. The van der Waals surface area contributed by atoms with Gasteiger partial charge in [-0.25, -0.2) is 0 Å². The van der Waals surface area contributed by atoms with Crippen molar-refractivity contribution in [2.75, 3.05) is 20.1 Å². The Kier molecular flexibility index (Phi) is 8.92. The summed E-state index contributed by atoms with van der Waals surface area (Å²) < 4.78 is 0. The molecule has 1 unspecified atom stereocenters. The van der Waals surface area contributed by atoms with Gasteiger partial charge in [0.25, 0.3) is 0 Å². The second-order valence-electron chi connectivity index (χ2n) is 6.22. The molecule has 0 saturated carbocycles. The van der Waals surface area contributed by atoms with Crippen LogP contribution in [0.3, 0.4) is 0 Å². The van der Waals surface area contributed by atoms with E-state index in [4.69, 9.17) is 0 Å². The Morgan fingerprint density at radius 1 is 1.10 bits per heavy atom. The molecule has 0 aromatic heterocycles. The molecule has 1 fully saturated rings. The number of amides is 1. The predicted octanol–water partition coefficient (Wildman–Crippen LogP) is 3.58. The number of likely N-dealkylation sites (tertiary alicyclic amines) is 1. The van der Waals surface area contributed by atoms with Crippen molar-refractivity contribution < 1.29 is 4.79 Å². The van der Waals surface area contributed by atoms with Crippen LogP contribution < -0.4 is 5.32 Å². The van der Waals surface area contributed by atoms with E-state index in [1.807, 2.05) is 0 Å². The highest BCUT2D eigenvalue weighted by Crippen LogP contribution is 2.24. The molecular weight excluding hydrogens is 248 g/mol. The van der Waals surface area contributed by atoms with Gasteiger partial charge in [0, 0.05) is 19.0 Å². The first-order valence-electron chi connectivity index (χ1n) is 8.68. The van der Waals surface area contributed by atoms with E-state index in [-0.39, 0.29) is 11.8 Å². The molecule has 0 spiro atoms. The molecule has 0 aromatic rings. The highest BCUT2D eigenvalue weighted by atomic mass is 16.1. The lowest BCUT2D eigenvalue weighted by Crippen LogP contribution is -2.44. The zero-order chi connectivity index (χ0) is 14.8. The second-order valence-corrected chi connectivity index (χ2v) is 6.22. The van der Waals surface area contributed by atoms with Crippen molar-refractivity contribution in [3.63, 3.8) is 0 Å². The summed E-state index contributed by atoms with van der Waals surface area (Å²) in [5, 5.41) is 2.80. The summed E-state index contributed by atoms with van der Waals surface area (Å²) in [5.41, 5.74) is 0. The average Bonchev–Trinajstić information content (AvgIpc) is 2.50. The molecule has 0 aromatic carbocycles. The molecular formula is C17H34N2O. The van der Waals surface area contributed by atoms with Crippen molar-refractivity contribution in [2.24, 2.45) is 5.92 Å². The molecule has 1 rings (SSSR count). The first kappa shape index (κ1) is 17.5. The van der Waals surface area contributed by atoms with Gasteiger partial charge in [-0.1, -0.05) is 46.0 Å². The van der Waals surface area contributed by atoms with Gasteiger partial charge in [-0.3, -0.25) is 4.79 Å². The standard InChI is InChI=1S/C17H34N2O/c1-4-6-8-10-16(9-7-5-2)19-13-11-15(12-14-19)17(20)18-3/h15-16H,4-14H2,1-3H3,(H,18,20). The number of unbranched alkanes of at least 4 members (excludes halogenated alkanes) is 3. The molecule has 0 aliphatic carbocycles. The van der Waals surface area contributed by atoms with Crippen LogP contribution in [0.1, 0.15) is 71.6 Å². The molecule has 1 atom stereocenters. The first-order chi connectivity index (χ1) is 9.72. The Morgan fingerprint density at radius 2 is 1.70 bits per heavy atom. The van der Waals surface area contributed by atoms with Gasteiger partial charge < -0.3 is 10.2 Å². The van der Waals surface area contributed by atoms with Crippen molar-refractivity contribution in [2.45, 2.75) is 77.7 Å². The van der Waals surface area contributed by atoms with Crippen LogP contribution in [-0.2, 0) is 4.79 Å². The number of piperidine rings is 1. The maximum Gasteiger partial charge on any atom is 0.222 e. The van der Waals surface area contributed by atoms with E-state index in [1.54, 1.807) is 7.05 Å². The monoisotopic (exact) mass is 282 g/mol. The molecule has 1 N–H and O–H groups in total. The normalized spacial score (nSPS) is 18.9. The zero-order valence-electron chi connectivity index (χ0n) is 13.8. The van der Waals surface area contributed by atoms with Gasteiger partial charge >= 0.3 is 0 Å². The molecule has 1 aliphatic rings. The topological polar surface area (TPSA) is 32.3 Å². The number of nitrogens with one attached hydrogen (secondary N) is 1. The van der Waals surface area contributed by atoms with Crippen LogP contribution in [0.15, 0.2) is 0 Å². The van der Waals surface area contributed by atoms with Gasteiger partial charge in [0.05, 0.1) is 0 Å². The molecule has 1 amide bonds. The third-order valence-corrected chi connectivity index (χ3v) is 4.69. The van der Waals surface area contributed by atoms with Crippen LogP contribution in [0.4, 0.5) is 0 Å². The molecule has 1 saturated heterocycles. The SMILES string of the molecule is CCCCCC(CCCC)N1CCC(C(=O)NC)CC1. The lowest BCUT2D eigenvalue weighted by atomic mass is 9.92. The predicted molar refractivity (Wildman–Crippen MR) is 85.8 cm³/mol. The highest BCUT2D eigenvalue weighted by Gasteiger charge is 2.27. The molecule has 1 heterocycles. The van der Waals surface area contributed by atoms with Crippen LogP contribution in [0.25, 0.3) is 0 Å². The van der Waals surface area contributed by atoms with E-state index in [2.05, 4.69) is 24.1 Å². The molecule has 118 valence electrons. The summed E-state index contributed by atoms with van der Waals surface area (Å²) in [6.45, 7) is 6.77. The van der Waals surface area contributed by atoms with E-state index in [9.17, 15) is 4.79 Å². The minimum absolute atomic E-state index is 0.237. The summed E-state index contributed by atoms with van der Waals surface area (Å²) in [7, 11) is 1.75. The molecule has 0 bridgehead atoms. The second kappa shape index (κ2) is 10.2. The number of nitrogens with zero attached hydrogens (tertiary/aromatic N) is 1. The van der Waals surface area contributed by atoms with Crippen LogP contribution in [0, 0.1) is 5.92 Å². The van der Waals surface area contributed by atoms with Crippen LogP contribution in [-0.4, -0.2) is 37.0 Å². The number of rotatable bonds is 9. The van der Waals surface area contributed by atoms with Crippen molar-refractivity contribution in [3.8, 4) is 0 Å². The summed E-state index contributed by atoms with van der Waals surface area (Å²) >= 11 is 0. The Balaban J connectivity index is 2.40.